The van der Waals surface area contributed by atoms with E-state index in [1.165, 1.54) is 0 Å². The summed E-state index contributed by atoms with van der Waals surface area (Å²) >= 11 is 9.00. The standard InChI is InChI=1S/C10H8BrClO2/c11-6-2-4-7-3-1-5-8(12)9(7)10(13)14/h1-5H,6H2,(H,13,14). The lowest BCUT2D eigenvalue weighted by atomic mass is 10.1. The zero-order valence-electron chi connectivity index (χ0n) is 7.21. The lowest BCUT2D eigenvalue weighted by molar-refractivity contribution is 0.0697. The Bertz CT molecular complexity index is 374. The molecular formula is C10H8BrClO2. The average Bonchev–Trinajstić information content (AvgIpc) is 2.14. The summed E-state index contributed by atoms with van der Waals surface area (Å²) in [5, 5.41) is 9.85. The molecule has 0 aliphatic heterocycles. The van der Waals surface area contributed by atoms with Gasteiger partial charge in [0.1, 0.15) is 0 Å². The third kappa shape index (κ3) is 2.59. The Balaban J connectivity index is 3.21. The Morgan fingerprint density at radius 2 is 2.29 bits per heavy atom. The molecule has 0 fully saturated rings. The van der Waals surface area contributed by atoms with Crippen molar-refractivity contribution in [3.8, 4) is 0 Å². The number of carbonyl (C=O) groups is 1. The van der Waals surface area contributed by atoms with Gasteiger partial charge in [-0.2, -0.15) is 0 Å². The molecule has 0 heterocycles. The Kier molecular flexibility index (Phi) is 4.17. The normalized spacial score (nSPS) is 10.7. The molecular weight excluding hydrogens is 267 g/mol. The zero-order valence-corrected chi connectivity index (χ0v) is 9.55. The van der Waals surface area contributed by atoms with Crippen LogP contribution in [-0.4, -0.2) is 16.4 Å². The summed E-state index contributed by atoms with van der Waals surface area (Å²) in [4.78, 5) is 10.9. The number of benzene rings is 1. The third-order valence-corrected chi connectivity index (χ3v) is 2.33. The van der Waals surface area contributed by atoms with Crippen LogP contribution in [0.2, 0.25) is 5.02 Å². The summed E-state index contributed by atoms with van der Waals surface area (Å²) < 4.78 is 0. The second-order valence-corrected chi connectivity index (χ2v) is 3.62. The fraction of sp³-hybridized carbons (Fsp3) is 0.100. The first-order valence-corrected chi connectivity index (χ1v) is 5.41. The fourth-order valence-corrected chi connectivity index (χ4v) is 1.53. The van der Waals surface area contributed by atoms with Crippen molar-refractivity contribution in [3.63, 3.8) is 0 Å². The maximum absolute atomic E-state index is 10.9. The van der Waals surface area contributed by atoms with Gasteiger partial charge in [0.05, 0.1) is 10.6 Å². The van der Waals surface area contributed by atoms with E-state index in [0.29, 0.717) is 10.9 Å². The molecule has 1 aromatic rings. The highest BCUT2D eigenvalue weighted by molar-refractivity contribution is 9.09. The summed E-state index contributed by atoms with van der Waals surface area (Å²) in [5.41, 5.74) is 0.760. The van der Waals surface area contributed by atoms with E-state index < -0.39 is 5.97 Å². The number of rotatable bonds is 3. The van der Waals surface area contributed by atoms with Crippen molar-refractivity contribution >= 4 is 39.6 Å². The summed E-state index contributed by atoms with van der Waals surface area (Å²) in [6.07, 6.45) is 3.54. The van der Waals surface area contributed by atoms with Crippen molar-refractivity contribution < 1.29 is 9.90 Å². The lowest BCUT2D eigenvalue weighted by Crippen LogP contribution is -2.00. The van der Waals surface area contributed by atoms with Gasteiger partial charge in [0.15, 0.2) is 0 Å². The van der Waals surface area contributed by atoms with Gasteiger partial charge in [0, 0.05) is 5.33 Å². The second kappa shape index (κ2) is 5.17. The Morgan fingerprint density at radius 3 is 2.86 bits per heavy atom. The summed E-state index contributed by atoms with van der Waals surface area (Å²) in [6.45, 7) is 0. The number of allylic oxidation sites excluding steroid dienone is 1. The smallest absolute Gasteiger partial charge is 0.337 e. The third-order valence-electron chi connectivity index (χ3n) is 1.65. The first kappa shape index (κ1) is 11.3. The predicted molar refractivity (Wildman–Crippen MR) is 61.2 cm³/mol. The molecule has 0 aromatic heterocycles. The van der Waals surface area contributed by atoms with Crippen molar-refractivity contribution in [3.05, 3.63) is 40.4 Å². The molecule has 0 bridgehead atoms. The van der Waals surface area contributed by atoms with E-state index in [1.807, 2.05) is 6.08 Å². The monoisotopic (exact) mass is 274 g/mol. The minimum Gasteiger partial charge on any atom is -0.478 e. The van der Waals surface area contributed by atoms with Crippen molar-refractivity contribution in [2.24, 2.45) is 0 Å². The molecule has 0 amide bonds. The molecule has 2 nitrogen and oxygen atoms in total. The van der Waals surface area contributed by atoms with Crippen molar-refractivity contribution in [1.82, 2.24) is 0 Å². The van der Waals surface area contributed by atoms with Crippen molar-refractivity contribution in [2.75, 3.05) is 5.33 Å². The summed E-state index contributed by atoms with van der Waals surface area (Å²) in [6, 6.07) is 5.01. The van der Waals surface area contributed by atoms with Gasteiger partial charge in [-0.15, -0.1) is 0 Å². The van der Waals surface area contributed by atoms with E-state index in [-0.39, 0.29) is 10.6 Å². The molecule has 1 rings (SSSR count). The number of halogens is 2. The molecule has 0 unspecified atom stereocenters. The van der Waals surface area contributed by atoms with Crippen LogP contribution in [0.5, 0.6) is 0 Å². The maximum Gasteiger partial charge on any atom is 0.337 e. The molecule has 0 radical (unpaired) electrons. The van der Waals surface area contributed by atoms with Gasteiger partial charge in [0.2, 0.25) is 0 Å². The van der Waals surface area contributed by atoms with Gasteiger partial charge in [-0.1, -0.05) is 51.8 Å². The highest BCUT2D eigenvalue weighted by atomic mass is 79.9. The Morgan fingerprint density at radius 1 is 1.57 bits per heavy atom. The number of hydrogen-bond acceptors (Lipinski definition) is 1. The van der Waals surface area contributed by atoms with E-state index in [1.54, 1.807) is 24.3 Å². The molecule has 4 heteroatoms. The van der Waals surface area contributed by atoms with E-state index in [4.69, 9.17) is 16.7 Å². The van der Waals surface area contributed by atoms with Gasteiger partial charge < -0.3 is 5.11 Å². The minimum atomic E-state index is -1.01. The number of aromatic carboxylic acids is 1. The van der Waals surface area contributed by atoms with Crippen LogP contribution in [0.15, 0.2) is 24.3 Å². The average molecular weight is 276 g/mol. The van der Waals surface area contributed by atoms with Crippen molar-refractivity contribution in [2.45, 2.75) is 0 Å². The number of carboxylic acid groups (broad SMARTS) is 1. The quantitative estimate of drug-likeness (QED) is 0.858. The molecule has 0 saturated carbocycles. The predicted octanol–water partition coefficient (Wildman–Crippen LogP) is 3.45. The number of carboxylic acids is 1. The topological polar surface area (TPSA) is 37.3 Å². The molecule has 1 N–H and O–H groups in total. The van der Waals surface area contributed by atoms with E-state index in [9.17, 15) is 4.79 Å². The minimum absolute atomic E-state index is 0.145. The largest absolute Gasteiger partial charge is 0.478 e. The van der Waals surface area contributed by atoms with Crippen LogP contribution in [0, 0.1) is 0 Å². The van der Waals surface area contributed by atoms with Gasteiger partial charge in [0.25, 0.3) is 0 Å². The molecule has 14 heavy (non-hydrogen) atoms. The highest BCUT2D eigenvalue weighted by Crippen LogP contribution is 2.21. The van der Waals surface area contributed by atoms with Crippen molar-refractivity contribution in [1.29, 1.82) is 0 Å². The first-order chi connectivity index (χ1) is 6.66. The van der Waals surface area contributed by atoms with Crippen LogP contribution < -0.4 is 0 Å². The van der Waals surface area contributed by atoms with E-state index in [0.717, 1.165) is 0 Å². The number of alkyl halides is 1. The Labute approximate surface area is 95.3 Å². The van der Waals surface area contributed by atoms with Gasteiger partial charge in [-0.25, -0.2) is 4.79 Å². The SMILES string of the molecule is O=C(O)c1c(Cl)cccc1C=CCBr. The zero-order chi connectivity index (χ0) is 10.6. The van der Waals surface area contributed by atoms with E-state index >= 15 is 0 Å². The van der Waals surface area contributed by atoms with Gasteiger partial charge in [-0.3, -0.25) is 0 Å². The molecule has 1 aromatic carbocycles. The lowest BCUT2D eigenvalue weighted by Gasteiger charge is -2.02. The number of hydrogen-bond donors (Lipinski definition) is 1. The summed E-state index contributed by atoms with van der Waals surface area (Å²) in [5.74, 6) is -1.01. The van der Waals surface area contributed by atoms with Crippen LogP contribution in [0.25, 0.3) is 6.08 Å². The van der Waals surface area contributed by atoms with E-state index in [2.05, 4.69) is 15.9 Å². The van der Waals surface area contributed by atoms with Gasteiger partial charge >= 0.3 is 5.97 Å². The Hall–Kier alpha value is -0.800. The van der Waals surface area contributed by atoms with Crippen LogP contribution in [0.4, 0.5) is 0 Å². The second-order valence-electron chi connectivity index (χ2n) is 2.57. The fourth-order valence-electron chi connectivity index (χ4n) is 1.08. The summed E-state index contributed by atoms with van der Waals surface area (Å²) in [7, 11) is 0. The highest BCUT2D eigenvalue weighted by Gasteiger charge is 2.11. The van der Waals surface area contributed by atoms with Crippen LogP contribution in [-0.2, 0) is 0 Å². The molecule has 0 saturated heterocycles. The molecule has 74 valence electrons. The molecule has 0 atom stereocenters. The molecule has 0 aliphatic rings. The maximum atomic E-state index is 10.9. The van der Waals surface area contributed by atoms with Crippen LogP contribution in [0.1, 0.15) is 15.9 Å². The van der Waals surface area contributed by atoms with Crippen LogP contribution in [0.3, 0.4) is 0 Å². The van der Waals surface area contributed by atoms with Crippen LogP contribution >= 0.6 is 27.5 Å². The first-order valence-electron chi connectivity index (χ1n) is 3.91. The molecule has 0 aliphatic carbocycles. The van der Waals surface area contributed by atoms with Gasteiger partial charge in [-0.05, 0) is 11.6 Å². The molecule has 0 spiro atoms.